The molecular formula is C17H23N3O2S. The molecule has 1 aliphatic heterocycles. The van der Waals surface area contributed by atoms with Gasteiger partial charge in [0.2, 0.25) is 0 Å². The number of thiophene rings is 1. The van der Waals surface area contributed by atoms with E-state index in [2.05, 4.69) is 27.6 Å². The van der Waals surface area contributed by atoms with Crippen molar-refractivity contribution in [1.29, 1.82) is 0 Å². The van der Waals surface area contributed by atoms with E-state index >= 15 is 0 Å². The molecule has 1 aliphatic rings. The third-order valence-electron chi connectivity index (χ3n) is 4.53. The quantitative estimate of drug-likeness (QED) is 0.789. The number of imidazole rings is 1. The van der Waals surface area contributed by atoms with Gasteiger partial charge in [0, 0.05) is 31.4 Å². The van der Waals surface area contributed by atoms with Gasteiger partial charge in [0.1, 0.15) is 11.9 Å². The molecule has 0 aromatic carbocycles. The van der Waals surface area contributed by atoms with Crippen molar-refractivity contribution in [3.8, 4) is 0 Å². The second-order valence-electron chi connectivity index (χ2n) is 5.88. The van der Waals surface area contributed by atoms with Crippen LogP contribution in [0.4, 0.5) is 0 Å². The third kappa shape index (κ3) is 3.33. The number of carbonyl (C=O) groups is 1. The standard InChI is InChI=1S/C17H23N3O2S/c1-3-15-18-7-9-20(15)14-5-4-8-19(11-14)16(17(21)22-2)13-6-10-23-12-13/h6-7,9-10,12,14,16H,3-5,8,11H2,1-2H3/t14-,16+/m1/s1. The fourth-order valence-corrected chi connectivity index (χ4v) is 4.11. The first-order chi connectivity index (χ1) is 11.2. The molecule has 1 saturated heterocycles. The number of aromatic nitrogens is 2. The number of aryl methyl sites for hydroxylation is 1. The Kier molecular flexibility index (Phi) is 5.13. The number of likely N-dealkylation sites (tertiary alicyclic amines) is 1. The number of hydrogen-bond acceptors (Lipinski definition) is 5. The first kappa shape index (κ1) is 16.2. The molecule has 1 fully saturated rings. The largest absolute Gasteiger partial charge is 0.468 e. The van der Waals surface area contributed by atoms with Gasteiger partial charge in [-0.2, -0.15) is 11.3 Å². The first-order valence-electron chi connectivity index (χ1n) is 8.10. The molecule has 6 heteroatoms. The smallest absolute Gasteiger partial charge is 0.327 e. The van der Waals surface area contributed by atoms with Crippen LogP contribution >= 0.6 is 11.3 Å². The number of carbonyl (C=O) groups excluding carboxylic acids is 1. The lowest BCUT2D eigenvalue weighted by atomic mass is 10.0. The van der Waals surface area contributed by atoms with Crippen LogP contribution in [0, 0.1) is 0 Å². The molecule has 0 saturated carbocycles. The summed E-state index contributed by atoms with van der Waals surface area (Å²) in [7, 11) is 1.47. The lowest BCUT2D eigenvalue weighted by molar-refractivity contribution is -0.148. The highest BCUT2D eigenvalue weighted by Crippen LogP contribution is 2.31. The molecular weight excluding hydrogens is 310 g/mol. The van der Waals surface area contributed by atoms with Crippen LogP contribution in [0.15, 0.2) is 29.2 Å². The maximum atomic E-state index is 12.3. The van der Waals surface area contributed by atoms with Gasteiger partial charge in [-0.1, -0.05) is 6.92 Å². The average Bonchev–Trinajstić information content (AvgIpc) is 3.26. The van der Waals surface area contributed by atoms with Gasteiger partial charge in [-0.3, -0.25) is 4.90 Å². The number of piperidine rings is 1. The van der Waals surface area contributed by atoms with E-state index in [1.807, 2.05) is 23.0 Å². The zero-order valence-electron chi connectivity index (χ0n) is 13.6. The zero-order chi connectivity index (χ0) is 16.2. The van der Waals surface area contributed by atoms with E-state index in [-0.39, 0.29) is 12.0 Å². The molecule has 3 heterocycles. The third-order valence-corrected chi connectivity index (χ3v) is 5.24. The molecule has 2 atom stereocenters. The molecule has 124 valence electrons. The van der Waals surface area contributed by atoms with E-state index < -0.39 is 0 Å². The minimum atomic E-state index is -0.303. The van der Waals surface area contributed by atoms with Gasteiger partial charge in [0.25, 0.3) is 0 Å². The number of hydrogen-bond donors (Lipinski definition) is 0. The van der Waals surface area contributed by atoms with Gasteiger partial charge in [-0.25, -0.2) is 9.78 Å². The van der Waals surface area contributed by atoms with Crippen molar-refractivity contribution in [1.82, 2.24) is 14.5 Å². The monoisotopic (exact) mass is 333 g/mol. The van der Waals surface area contributed by atoms with Gasteiger partial charge < -0.3 is 9.30 Å². The van der Waals surface area contributed by atoms with Crippen molar-refractivity contribution in [2.75, 3.05) is 20.2 Å². The van der Waals surface area contributed by atoms with E-state index in [0.717, 1.165) is 43.7 Å². The van der Waals surface area contributed by atoms with Crippen molar-refractivity contribution in [2.45, 2.75) is 38.3 Å². The van der Waals surface area contributed by atoms with Gasteiger partial charge in [-0.05, 0) is 41.8 Å². The summed E-state index contributed by atoms with van der Waals surface area (Å²) in [5.41, 5.74) is 1.03. The van der Waals surface area contributed by atoms with E-state index in [4.69, 9.17) is 4.74 Å². The molecule has 0 N–H and O–H groups in total. The summed E-state index contributed by atoms with van der Waals surface area (Å²) < 4.78 is 7.34. The molecule has 2 aromatic rings. The maximum absolute atomic E-state index is 12.3. The van der Waals surface area contributed by atoms with E-state index in [1.54, 1.807) is 11.3 Å². The van der Waals surface area contributed by atoms with Crippen molar-refractivity contribution in [3.63, 3.8) is 0 Å². The molecule has 23 heavy (non-hydrogen) atoms. The van der Waals surface area contributed by atoms with Crippen LogP contribution in [0.5, 0.6) is 0 Å². The highest BCUT2D eigenvalue weighted by molar-refractivity contribution is 7.08. The minimum absolute atomic E-state index is 0.176. The van der Waals surface area contributed by atoms with Crippen molar-refractivity contribution >= 4 is 17.3 Å². The summed E-state index contributed by atoms with van der Waals surface area (Å²) in [6.45, 7) is 3.89. The number of rotatable bonds is 5. The lowest BCUT2D eigenvalue weighted by Gasteiger charge is -2.37. The van der Waals surface area contributed by atoms with Crippen LogP contribution in [-0.2, 0) is 16.0 Å². The van der Waals surface area contributed by atoms with Gasteiger partial charge in [-0.15, -0.1) is 0 Å². The Morgan fingerprint density at radius 2 is 2.43 bits per heavy atom. The fraction of sp³-hybridized carbons (Fsp3) is 0.529. The predicted octanol–water partition coefficient (Wildman–Crippen LogP) is 3.06. The van der Waals surface area contributed by atoms with Gasteiger partial charge in [0.05, 0.1) is 7.11 Å². The molecule has 5 nitrogen and oxygen atoms in total. The zero-order valence-corrected chi connectivity index (χ0v) is 14.5. The Morgan fingerprint density at radius 3 is 3.13 bits per heavy atom. The van der Waals surface area contributed by atoms with Crippen LogP contribution in [0.25, 0.3) is 0 Å². The highest BCUT2D eigenvalue weighted by atomic mass is 32.1. The molecule has 0 amide bonds. The molecule has 2 aromatic heterocycles. The Bertz CT molecular complexity index is 638. The summed E-state index contributed by atoms with van der Waals surface area (Å²) >= 11 is 1.61. The van der Waals surface area contributed by atoms with E-state index in [1.165, 1.54) is 7.11 Å². The van der Waals surface area contributed by atoms with E-state index in [0.29, 0.717) is 6.04 Å². The topological polar surface area (TPSA) is 47.4 Å². The van der Waals surface area contributed by atoms with E-state index in [9.17, 15) is 4.79 Å². The number of nitrogens with zero attached hydrogens (tertiary/aromatic N) is 3. The van der Waals surface area contributed by atoms with Crippen molar-refractivity contribution in [3.05, 3.63) is 40.6 Å². The normalized spacial score (nSPS) is 20.3. The number of esters is 1. The van der Waals surface area contributed by atoms with Gasteiger partial charge >= 0.3 is 5.97 Å². The molecule has 0 unspecified atom stereocenters. The summed E-state index contributed by atoms with van der Waals surface area (Å²) in [6.07, 6.45) is 7.05. The van der Waals surface area contributed by atoms with Crippen LogP contribution < -0.4 is 0 Å². The van der Waals surface area contributed by atoms with Crippen LogP contribution in [0.1, 0.15) is 43.2 Å². The Morgan fingerprint density at radius 1 is 1.57 bits per heavy atom. The SMILES string of the molecule is CCc1nccn1[C@@H]1CCCN([C@H](C(=O)OC)c2ccsc2)C1. The van der Waals surface area contributed by atoms with Crippen LogP contribution in [0.3, 0.4) is 0 Å². The predicted molar refractivity (Wildman–Crippen MR) is 90.5 cm³/mol. The van der Waals surface area contributed by atoms with Crippen molar-refractivity contribution in [2.24, 2.45) is 0 Å². The summed E-state index contributed by atoms with van der Waals surface area (Å²) in [5.74, 6) is 0.937. The Labute approximate surface area is 140 Å². The first-order valence-corrected chi connectivity index (χ1v) is 9.04. The highest BCUT2D eigenvalue weighted by Gasteiger charge is 2.33. The summed E-state index contributed by atoms with van der Waals surface area (Å²) in [4.78, 5) is 19.0. The number of methoxy groups -OCH3 is 1. The maximum Gasteiger partial charge on any atom is 0.327 e. The van der Waals surface area contributed by atoms with Gasteiger partial charge in [0.15, 0.2) is 0 Å². The van der Waals surface area contributed by atoms with Crippen molar-refractivity contribution < 1.29 is 9.53 Å². The fourth-order valence-electron chi connectivity index (χ4n) is 3.43. The molecule has 0 spiro atoms. The molecule has 0 radical (unpaired) electrons. The Hall–Kier alpha value is -1.66. The molecule has 0 bridgehead atoms. The summed E-state index contributed by atoms with van der Waals surface area (Å²) in [5, 5.41) is 4.05. The number of ether oxygens (including phenoxy) is 1. The average molecular weight is 333 g/mol. The van der Waals surface area contributed by atoms with Crippen LogP contribution in [-0.4, -0.2) is 40.6 Å². The lowest BCUT2D eigenvalue weighted by Crippen LogP contribution is -2.42. The van der Waals surface area contributed by atoms with Crippen LogP contribution in [0.2, 0.25) is 0 Å². The second kappa shape index (κ2) is 7.27. The minimum Gasteiger partial charge on any atom is -0.468 e. The Balaban J connectivity index is 1.82. The molecule has 0 aliphatic carbocycles. The molecule has 3 rings (SSSR count). The second-order valence-corrected chi connectivity index (χ2v) is 6.66. The summed E-state index contributed by atoms with van der Waals surface area (Å²) in [6, 6.07) is 2.08.